The molecular weight excluding hydrogens is 364 g/mol. The fourth-order valence-corrected chi connectivity index (χ4v) is 3.88. The van der Waals surface area contributed by atoms with Gasteiger partial charge in [-0.25, -0.2) is 4.98 Å². The summed E-state index contributed by atoms with van der Waals surface area (Å²) in [5.74, 6) is 2.45. The summed E-state index contributed by atoms with van der Waals surface area (Å²) in [7, 11) is 0. The molecule has 3 rings (SSSR count). The Morgan fingerprint density at radius 3 is 2.58 bits per heavy atom. The second-order valence-corrected chi connectivity index (χ2v) is 7.97. The molecule has 1 fully saturated rings. The van der Waals surface area contributed by atoms with Gasteiger partial charge in [-0.2, -0.15) is 0 Å². The fourth-order valence-electron chi connectivity index (χ4n) is 3.49. The third kappa shape index (κ3) is 5.08. The summed E-state index contributed by atoms with van der Waals surface area (Å²) in [5, 5.41) is 7.64. The molecule has 2 atom stereocenters. The van der Waals surface area contributed by atoms with E-state index in [1.165, 1.54) is 6.42 Å². The van der Waals surface area contributed by atoms with Crippen molar-refractivity contribution in [3.05, 3.63) is 53.2 Å². The van der Waals surface area contributed by atoms with Gasteiger partial charge in [0.2, 0.25) is 0 Å². The van der Waals surface area contributed by atoms with Crippen molar-refractivity contribution in [1.82, 2.24) is 10.3 Å². The van der Waals surface area contributed by atoms with Crippen LogP contribution in [-0.4, -0.2) is 23.2 Å². The number of piperidine rings is 1. The number of rotatable bonds is 4. The van der Waals surface area contributed by atoms with E-state index >= 15 is 0 Å². The molecule has 6 heteroatoms. The van der Waals surface area contributed by atoms with E-state index in [0.29, 0.717) is 23.5 Å². The molecule has 26 heavy (non-hydrogen) atoms. The molecule has 1 aromatic carbocycles. The molecule has 2 aromatic rings. The predicted molar refractivity (Wildman–Crippen MR) is 114 cm³/mol. The summed E-state index contributed by atoms with van der Waals surface area (Å²) in [6, 6.07) is 11.8. The van der Waals surface area contributed by atoms with Crippen molar-refractivity contribution < 1.29 is 0 Å². The molecule has 1 aromatic heterocycles. The summed E-state index contributed by atoms with van der Waals surface area (Å²) < 4.78 is 0. The molecule has 2 heterocycles. The van der Waals surface area contributed by atoms with Crippen LogP contribution in [0.1, 0.15) is 25.8 Å². The number of anilines is 2. The van der Waals surface area contributed by atoms with Crippen molar-refractivity contribution in [2.75, 3.05) is 23.3 Å². The minimum atomic E-state index is 0.555. The monoisotopic (exact) mass is 388 g/mol. The number of aromatic nitrogens is 1. The predicted octanol–water partition coefficient (Wildman–Crippen LogP) is 4.70. The minimum Gasteiger partial charge on any atom is -0.358 e. The van der Waals surface area contributed by atoms with Gasteiger partial charge in [0.15, 0.2) is 5.11 Å². The zero-order valence-electron chi connectivity index (χ0n) is 15.2. The van der Waals surface area contributed by atoms with E-state index in [4.69, 9.17) is 23.8 Å². The number of nitrogens with zero attached hydrogens (tertiary/aromatic N) is 2. The standard InChI is InChI=1S/C20H25ClN4S/c1-14-9-15(2)13-25(12-14)19-8-7-17(11-22-19)24-20(26)23-10-16-5-3-4-6-18(16)21/h3-8,11,14-15H,9-10,12-13H2,1-2H3,(H2,23,24,26)/t14-,15-/m0/s1. The lowest BCUT2D eigenvalue weighted by molar-refractivity contribution is 0.355. The van der Waals surface area contributed by atoms with Crippen LogP contribution in [-0.2, 0) is 6.54 Å². The highest BCUT2D eigenvalue weighted by Gasteiger charge is 2.22. The van der Waals surface area contributed by atoms with Crippen LogP contribution >= 0.6 is 23.8 Å². The quantitative estimate of drug-likeness (QED) is 0.742. The van der Waals surface area contributed by atoms with Crippen molar-refractivity contribution in [3.63, 3.8) is 0 Å². The number of hydrogen-bond donors (Lipinski definition) is 2. The summed E-state index contributed by atoms with van der Waals surface area (Å²) in [4.78, 5) is 6.98. The van der Waals surface area contributed by atoms with Gasteiger partial charge in [0.1, 0.15) is 5.82 Å². The Bertz CT molecular complexity index is 740. The third-order valence-electron chi connectivity index (χ3n) is 4.60. The maximum Gasteiger partial charge on any atom is 0.171 e. The zero-order valence-corrected chi connectivity index (χ0v) is 16.8. The van der Waals surface area contributed by atoms with Crippen LogP contribution < -0.4 is 15.5 Å². The Kier molecular flexibility index (Phi) is 6.33. The van der Waals surface area contributed by atoms with Crippen LogP contribution in [0.2, 0.25) is 5.02 Å². The lowest BCUT2D eigenvalue weighted by Crippen LogP contribution is -2.39. The Hall–Kier alpha value is -1.85. The first-order chi connectivity index (χ1) is 12.5. The van der Waals surface area contributed by atoms with Crippen LogP contribution in [0.5, 0.6) is 0 Å². The van der Waals surface area contributed by atoms with Gasteiger partial charge in [0.05, 0.1) is 11.9 Å². The molecule has 0 aliphatic carbocycles. The van der Waals surface area contributed by atoms with E-state index in [1.54, 1.807) is 0 Å². The number of benzene rings is 1. The maximum absolute atomic E-state index is 6.16. The average Bonchev–Trinajstić information content (AvgIpc) is 2.61. The third-order valence-corrected chi connectivity index (χ3v) is 5.21. The fraction of sp³-hybridized carbons (Fsp3) is 0.400. The van der Waals surface area contributed by atoms with Crippen molar-refractivity contribution in [2.24, 2.45) is 11.8 Å². The molecule has 0 spiro atoms. The molecule has 138 valence electrons. The molecule has 1 aliphatic rings. The van der Waals surface area contributed by atoms with Crippen LogP contribution in [0.25, 0.3) is 0 Å². The van der Waals surface area contributed by atoms with Gasteiger partial charge in [-0.15, -0.1) is 0 Å². The van der Waals surface area contributed by atoms with E-state index in [-0.39, 0.29) is 0 Å². The summed E-state index contributed by atoms with van der Waals surface area (Å²) in [6.07, 6.45) is 3.13. The molecule has 0 bridgehead atoms. The highest BCUT2D eigenvalue weighted by atomic mass is 35.5. The Balaban J connectivity index is 1.54. The summed E-state index contributed by atoms with van der Waals surface area (Å²) in [6.45, 7) is 7.34. The molecular formula is C20H25ClN4S. The SMILES string of the molecule is C[C@H]1C[C@H](C)CN(c2ccc(NC(=S)NCc3ccccc3Cl)cn2)C1. The van der Waals surface area contributed by atoms with Crippen molar-refractivity contribution in [2.45, 2.75) is 26.8 Å². The van der Waals surface area contributed by atoms with Gasteiger partial charge in [-0.05, 0) is 54.2 Å². The molecule has 0 radical (unpaired) electrons. The summed E-state index contributed by atoms with van der Waals surface area (Å²) >= 11 is 11.5. The van der Waals surface area contributed by atoms with Gasteiger partial charge in [-0.1, -0.05) is 43.6 Å². The van der Waals surface area contributed by atoms with Gasteiger partial charge in [0, 0.05) is 24.7 Å². The van der Waals surface area contributed by atoms with Gasteiger partial charge < -0.3 is 15.5 Å². The number of thiocarbonyl (C=S) groups is 1. The van der Waals surface area contributed by atoms with Crippen LogP contribution in [0, 0.1) is 11.8 Å². The van der Waals surface area contributed by atoms with Gasteiger partial charge >= 0.3 is 0 Å². The first kappa shape index (κ1) is 18.9. The van der Waals surface area contributed by atoms with Crippen molar-refractivity contribution >= 4 is 40.4 Å². The second kappa shape index (κ2) is 8.69. The molecule has 2 N–H and O–H groups in total. The average molecular weight is 389 g/mol. The zero-order chi connectivity index (χ0) is 18.5. The second-order valence-electron chi connectivity index (χ2n) is 7.16. The van der Waals surface area contributed by atoms with E-state index in [0.717, 1.165) is 35.2 Å². The number of halogens is 1. The van der Waals surface area contributed by atoms with E-state index in [1.807, 2.05) is 36.5 Å². The molecule has 0 amide bonds. The Morgan fingerprint density at radius 2 is 1.92 bits per heavy atom. The van der Waals surface area contributed by atoms with E-state index in [9.17, 15) is 0 Å². The Labute approximate surface area is 166 Å². The van der Waals surface area contributed by atoms with Gasteiger partial charge in [-0.3, -0.25) is 0 Å². The smallest absolute Gasteiger partial charge is 0.171 e. The molecule has 0 unspecified atom stereocenters. The molecule has 4 nitrogen and oxygen atoms in total. The molecule has 1 aliphatic heterocycles. The number of nitrogens with one attached hydrogen (secondary N) is 2. The van der Waals surface area contributed by atoms with Crippen LogP contribution in [0.3, 0.4) is 0 Å². The lowest BCUT2D eigenvalue weighted by atomic mass is 9.92. The van der Waals surface area contributed by atoms with Crippen LogP contribution in [0.15, 0.2) is 42.6 Å². The lowest BCUT2D eigenvalue weighted by Gasteiger charge is -2.35. The van der Waals surface area contributed by atoms with Crippen molar-refractivity contribution in [3.8, 4) is 0 Å². The number of pyridine rings is 1. The van der Waals surface area contributed by atoms with E-state index < -0.39 is 0 Å². The number of hydrogen-bond acceptors (Lipinski definition) is 3. The Morgan fingerprint density at radius 1 is 1.19 bits per heavy atom. The normalized spacial score (nSPS) is 19.9. The minimum absolute atomic E-state index is 0.555. The van der Waals surface area contributed by atoms with Crippen LogP contribution in [0.4, 0.5) is 11.5 Å². The maximum atomic E-state index is 6.16. The first-order valence-electron chi connectivity index (χ1n) is 9.00. The first-order valence-corrected chi connectivity index (χ1v) is 9.79. The van der Waals surface area contributed by atoms with E-state index in [2.05, 4.69) is 40.4 Å². The summed E-state index contributed by atoms with van der Waals surface area (Å²) in [5.41, 5.74) is 1.89. The highest BCUT2D eigenvalue weighted by molar-refractivity contribution is 7.80. The van der Waals surface area contributed by atoms with Crippen molar-refractivity contribution in [1.29, 1.82) is 0 Å². The topological polar surface area (TPSA) is 40.2 Å². The molecule has 0 saturated carbocycles. The largest absolute Gasteiger partial charge is 0.358 e. The molecule has 1 saturated heterocycles. The van der Waals surface area contributed by atoms with Gasteiger partial charge in [0.25, 0.3) is 0 Å². The highest BCUT2D eigenvalue weighted by Crippen LogP contribution is 2.25.